The van der Waals surface area contributed by atoms with E-state index in [2.05, 4.69) is 34.9 Å². The number of nitrogens with zero attached hydrogens (tertiary/aromatic N) is 2. The predicted octanol–water partition coefficient (Wildman–Crippen LogP) is 2.75. The normalized spacial score (nSPS) is 17.0. The molecule has 1 aromatic carbocycles. The van der Waals surface area contributed by atoms with Crippen LogP contribution in [0.15, 0.2) is 22.7 Å². The molecule has 0 aromatic heterocycles. The average molecular weight is 329 g/mol. The second kappa shape index (κ2) is 6.01. The summed E-state index contributed by atoms with van der Waals surface area (Å²) >= 11 is 3.09. The number of hydrogen-bond acceptors (Lipinski definition) is 2. The molecule has 19 heavy (non-hydrogen) atoms. The molecule has 0 bridgehead atoms. The molecule has 1 aliphatic rings. The monoisotopic (exact) mass is 328 g/mol. The molecule has 0 radical (unpaired) electrons. The highest BCUT2D eigenvalue weighted by Gasteiger charge is 2.24. The number of amides is 1. The van der Waals surface area contributed by atoms with Gasteiger partial charge < -0.3 is 9.80 Å². The molecule has 0 spiro atoms. The average Bonchev–Trinajstić information content (AvgIpc) is 2.41. The van der Waals surface area contributed by atoms with Gasteiger partial charge in [-0.25, -0.2) is 4.39 Å². The van der Waals surface area contributed by atoms with Gasteiger partial charge >= 0.3 is 0 Å². The van der Waals surface area contributed by atoms with E-state index in [-0.39, 0.29) is 5.91 Å². The Morgan fingerprint density at radius 3 is 2.53 bits per heavy atom. The molecular weight excluding hydrogens is 311 g/mol. The van der Waals surface area contributed by atoms with Crippen molar-refractivity contribution in [2.45, 2.75) is 18.9 Å². The van der Waals surface area contributed by atoms with E-state index in [9.17, 15) is 9.18 Å². The van der Waals surface area contributed by atoms with Crippen LogP contribution in [0, 0.1) is 5.82 Å². The summed E-state index contributed by atoms with van der Waals surface area (Å²) in [6, 6.07) is 5.07. The largest absolute Gasteiger partial charge is 0.339 e. The van der Waals surface area contributed by atoms with Gasteiger partial charge in [-0.15, -0.1) is 0 Å². The van der Waals surface area contributed by atoms with Gasteiger partial charge in [0.1, 0.15) is 5.82 Å². The first-order valence-electron chi connectivity index (χ1n) is 6.40. The Morgan fingerprint density at radius 1 is 1.37 bits per heavy atom. The van der Waals surface area contributed by atoms with Crippen molar-refractivity contribution in [1.82, 2.24) is 9.80 Å². The van der Waals surface area contributed by atoms with Crippen molar-refractivity contribution >= 4 is 21.8 Å². The number of rotatable bonds is 2. The van der Waals surface area contributed by atoms with E-state index < -0.39 is 5.82 Å². The fourth-order valence-electron chi connectivity index (χ4n) is 2.40. The van der Waals surface area contributed by atoms with Gasteiger partial charge in [-0.05, 0) is 61.1 Å². The van der Waals surface area contributed by atoms with Crippen molar-refractivity contribution in [3.05, 3.63) is 34.1 Å². The molecule has 2 rings (SSSR count). The summed E-state index contributed by atoms with van der Waals surface area (Å²) in [6.07, 6.45) is 1.94. The molecule has 3 nitrogen and oxygen atoms in total. The van der Waals surface area contributed by atoms with Gasteiger partial charge in [-0.3, -0.25) is 4.79 Å². The zero-order valence-electron chi connectivity index (χ0n) is 11.2. The fourth-order valence-corrected chi connectivity index (χ4v) is 2.64. The van der Waals surface area contributed by atoms with Gasteiger partial charge in [0, 0.05) is 24.7 Å². The lowest BCUT2D eigenvalue weighted by atomic mass is 10.0. The Labute approximate surface area is 121 Å². The first-order valence-corrected chi connectivity index (χ1v) is 7.19. The zero-order valence-corrected chi connectivity index (χ0v) is 12.8. The number of hydrogen-bond donors (Lipinski definition) is 0. The highest BCUT2D eigenvalue weighted by atomic mass is 79.9. The third kappa shape index (κ3) is 3.34. The minimum Gasteiger partial charge on any atom is -0.339 e. The number of piperidine rings is 1. The van der Waals surface area contributed by atoms with Crippen LogP contribution in [0.4, 0.5) is 4.39 Å². The highest BCUT2D eigenvalue weighted by Crippen LogP contribution is 2.20. The summed E-state index contributed by atoms with van der Waals surface area (Å²) in [5, 5.41) is 0. The van der Waals surface area contributed by atoms with Crippen LogP contribution in [0.2, 0.25) is 0 Å². The molecule has 104 valence electrons. The third-order valence-electron chi connectivity index (χ3n) is 3.65. The quantitative estimate of drug-likeness (QED) is 0.833. The maximum atomic E-state index is 13.5. The van der Waals surface area contributed by atoms with Crippen LogP contribution in [-0.4, -0.2) is 48.9 Å². The number of carbonyl (C=O) groups excluding carboxylic acids is 1. The van der Waals surface area contributed by atoms with Crippen molar-refractivity contribution in [3.63, 3.8) is 0 Å². The van der Waals surface area contributed by atoms with Gasteiger partial charge in [0.15, 0.2) is 0 Å². The first kappa shape index (κ1) is 14.5. The van der Waals surface area contributed by atoms with Crippen molar-refractivity contribution in [2.75, 3.05) is 27.2 Å². The SMILES string of the molecule is CN(C)C1CCN(C(=O)c2ccc(Br)c(F)c2)CC1. The third-order valence-corrected chi connectivity index (χ3v) is 4.29. The fraction of sp³-hybridized carbons (Fsp3) is 0.500. The van der Waals surface area contributed by atoms with Gasteiger partial charge in [0.2, 0.25) is 0 Å². The zero-order chi connectivity index (χ0) is 14.0. The minimum atomic E-state index is -0.394. The Hall–Kier alpha value is -0.940. The van der Waals surface area contributed by atoms with Crippen LogP contribution in [0.25, 0.3) is 0 Å². The van der Waals surface area contributed by atoms with Crippen LogP contribution in [-0.2, 0) is 0 Å². The van der Waals surface area contributed by atoms with Crippen molar-refractivity contribution in [3.8, 4) is 0 Å². The molecule has 1 saturated heterocycles. The van der Waals surface area contributed by atoms with Crippen molar-refractivity contribution in [2.24, 2.45) is 0 Å². The van der Waals surface area contributed by atoms with Crippen LogP contribution < -0.4 is 0 Å². The van der Waals surface area contributed by atoms with Crippen LogP contribution >= 0.6 is 15.9 Å². The maximum absolute atomic E-state index is 13.5. The van der Waals surface area contributed by atoms with Crippen molar-refractivity contribution in [1.29, 1.82) is 0 Å². The molecule has 0 atom stereocenters. The van der Waals surface area contributed by atoms with E-state index in [1.165, 1.54) is 6.07 Å². The van der Waals surface area contributed by atoms with E-state index in [0.29, 0.717) is 16.1 Å². The Kier molecular flexibility index (Phi) is 4.58. The summed E-state index contributed by atoms with van der Waals surface area (Å²) < 4.78 is 13.8. The summed E-state index contributed by atoms with van der Waals surface area (Å²) in [7, 11) is 4.12. The van der Waals surface area contributed by atoms with Crippen molar-refractivity contribution < 1.29 is 9.18 Å². The predicted molar refractivity (Wildman–Crippen MR) is 76.7 cm³/mol. The maximum Gasteiger partial charge on any atom is 0.253 e. The van der Waals surface area contributed by atoms with Gasteiger partial charge in [-0.2, -0.15) is 0 Å². The second-order valence-corrected chi connectivity index (χ2v) is 5.97. The number of halogens is 2. The smallest absolute Gasteiger partial charge is 0.253 e. The summed E-state index contributed by atoms with van der Waals surface area (Å²) in [5.41, 5.74) is 0.420. The molecule has 0 unspecified atom stereocenters. The minimum absolute atomic E-state index is 0.0800. The second-order valence-electron chi connectivity index (χ2n) is 5.12. The van der Waals surface area contributed by atoms with Crippen LogP contribution in [0.3, 0.4) is 0 Å². The molecular formula is C14H18BrFN2O. The molecule has 1 heterocycles. The molecule has 1 fully saturated rings. The Morgan fingerprint density at radius 2 is 2.00 bits per heavy atom. The lowest BCUT2D eigenvalue weighted by molar-refractivity contribution is 0.0663. The summed E-state index contributed by atoms with van der Waals surface area (Å²) in [5.74, 6) is -0.474. The number of carbonyl (C=O) groups is 1. The van der Waals surface area contributed by atoms with Gasteiger partial charge in [-0.1, -0.05) is 0 Å². The Balaban J connectivity index is 2.03. The van der Waals surface area contributed by atoms with Crippen LogP contribution in [0.1, 0.15) is 23.2 Å². The summed E-state index contributed by atoms with van der Waals surface area (Å²) in [6.45, 7) is 1.47. The van der Waals surface area contributed by atoms with E-state index in [1.807, 2.05) is 4.90 Å². The molecule has 1 aliphatic heterocycles. The van der Waals surface area contributed by atoms with Gasteiger partial charge in [0.25, 0.3) is 5.91 Å². The van der Waals surface area contributed by atoms with E-state index >= 15 is 0 Å². The van der Waals surface area contributed by atoms with Crippen LogP contribution in [0.5, 0.6) is 0 Å². The van der Waals surface area contributed by atoms with E-state index in [0.717, 1.165) is 25.9 Å². The molecule has 0 aliphatic carbocycles. The van der Waals surface area contributed by atoms with E-state index in [1.54, 1.807) is 12.1 Å². The Bertz CT molecular complexity index is 471. The molecule has 1 amide bonds. The molecule has 0 saturated carbocycles. The van der Waals surface area contributed by atoms with E-state index in [4.69, 9.17) is 0 Å². The first-order chi connectivity index (χ1) is 8.99. The summed E-state index contributed by atoms with van der Waals surface area (Å²) in [4.78, 5) is 16.3. The van der Waals surface area contributed by atoms with Gasteiger partial charge in [0.05, 0.1) is 4.47 Å². The standard InChI is InChI=1S/C14H18BrFN2O/c1-17(2)11-5-7-18(8-6-11)14(19)10-3-4-12(15)13(16)9-10/h3-4,9,11H,5-8H2,1-2H3. The lowest BCUT2D eigenvalue weighted by Crippen LogP contribution is -2.44. The lowest BCUT2D eigenvalue weighted by Gasteiger charge is -2.35. The molecule has 5 heteroatoms. The number of benzene rings is 1. The highest BCUT2D eigenvalue weighted by molar-refractivity contribution is 9.10. The number of likely N-dealkylation sites (tertiary alicyclic amines) is 1. The molecule has 0 N–H and O–H groups in total. The molecule has 1 aromatic rings. The topological polar surface area (TPSA) is 23.6 Å².